The van der Waals surface area contributed by atoms with Crippen molar-refractivity contribution in [3.63, 3.8) is 0 Å². The van der Waals surface area contributed by atoms with E-state index < -0.39 is 6.17 Å². The van der Waals surface area contributed by atoms with E-state index in [4.69, 9.17) is 28.2 Å². The molecular weight excluding hydrogens is 511 g/mol. The minimum absolute atomic E-state index is 0.0990. The Hall–Kier alpha value is -3.68. The normalized spacial score (nSPS) is 16.8. The van der Waals surface area contributed by atoms with Gasteiger partial charge in [0.05, 0.1) is 21.4 Å². The number of likely N-dealkylation sites (N-methyl/N-ethyl adjacent to an activating group) is 1. The van der Waals surface area contributed by atoms with Gasteiger partial charge in [0.15, 0.2) is 0 Å². The van der Waals surface area contributed by atoms with Crippen LogP contribution in [0, 0.1) is 0 Å². The number of amides is 3. The van der Waals surface area contributed by atoms with E-state index >= 15 is 0 Å². The van der Waals surface area contributed by atoms with Crippen molar-refractivity contribution in [2.24, 2.45) is 4.99 Å². The van der Waals surface area contributed by atoms with E-state index in [1.54, 1.807) is 25.2 Å². The fourth-order valence-corrected chi connectivity index (χ4v) is 4.92. The Morgan fingerprint density at radius 1 is 1.05 bits per heavy atom. The molecule has 37 heavy (non-hydrogen) atoms. The zero-order valence-corrected chi connectivity index (χ0v) is 21.6. The third kappa shape index (κ3) is 5.10. The second-order valence-electron chi connectivity index (χ2n) is 8.99. The third-order valence-electron chi connectivity index (χ3n) is 6.57. The molecule has 9 heteroatoms. The Bertz CT molecular complexity index is 1450. The number of carbonyl (C=O) groups is 3. The number of benzodiazepines with no additional fused rings is 1. The number of hydrogen-bond acceptors (Lipinski definition) is 4. The highest BCUT2D eigenvalue weighted by molar-refractivity contribution is 6.42. The summed E-state index contributed by atoms with van der Waals surface area (Å²) < 4.78 is 0. The van der Waals surface area contributed by atoms with Crippen LogP contribution in [0.3, 0.4) is 0 Å². The number of carbonyl (C=O) groups excluding carboxylic acids is 3. The number of halogens is 2. The van der Waals surface area contributed by atoms with Crippen molar-refractivity contribution in [3.05, 3.63) is 98.5 Å². The van der Waals surface area contributed by atoms with Gasteiger partial charge < -0.3 is 15.5 Å². The standard InChI is InChI=1S/C28H24Cl2N4O3/c1-34-23-5-3-2-4-20(23)25(18-8-9-19-17(15-18)12-13-31-27(19)36)33-26(28(34)37)32-24(35)11-7-16-6-10-21(29)22(30)14-16/h2-6,8-10,14-15,26H,7,11-13H2,1H3,(H,31,36)(H,32,35). The zero-order chi connectivity index (χ0) is 26.1. The van der Waals surface area contributed by atoms with Crippen molar-refractivity contribution in [2.45, 2.75) is 25.4 Å². The summed E-state index contributed by atoms with van der Waals surface area (Å²) in [6.07, 6.45) is 0.186. The predicted octanol–water partition coefficient (Wildman–Crippen LogP) is 4.17. The highest BCUT2D eigenvalue weighted by atomic mass is 35.5. The molecule has 188 valence electrons. The number of nitrogens with zero attached hydrogens (tertiary/aromatic N) is 2. The topological polar surface area (TPSA) is 90.9 Å². The van der Waals surface area contributed by atoms with Gasteiger partial charge in [-0.05, 0) is 54.3 Å². The molecule has 1 unspecified atom stereocenters. The van der Waals surface area contributed by atoms with Crippen LogP contribution in [0.4, 0.5) is 5.69 Å². The predicted molar refractivity (Wildman–Crippen MR) is 145 cm³/mol. The molecule has 0 bridgehead atoms. The summed E-state index contributed by atoms with van der Waals surface area (Å²) >= 11 is 12.1. The van der Waals surface area contributed by atoms with Crippen molar-refractivity contribution in [3.8, 4) is 0 Å². The van der Waals surface area contributed by atoms with Crippen LogP contribution in [0.1, 0.15) is 39.0 Å². The average Bonchev–Trinajstić information content (AvgIpc) is 3.00. The van der Waals surface area contributed by atoms with Crippen LogP contribution in [0.25, 0.3) is 0 Å². The number of aryl methyl sites for hydroxylation is 1. The van der Waals surface area contributed by atoms with E-state index in [0.29, 0.717) is 46.4 Å². The quantitative estimate of drug-likeness (QED) is 0.514. The number of aliphatic imine (C=N–C) groups is 1. The first-order valence-corrected chi connectivity index (χ1v) is 12.7. The van der Waals surface area contributed by atoms with Crippen molar-refractivity contribution < 1.29 is 14.4 Å². The molecule has 5 rings (SSSR count). The van der Waals surface area contributed by atoms with Gasteiger partial charge in [-0.1, -0.05) is 53.5 Å². The SMILES string of the molecule is CN1C(=O)C(NC(=O)CCc2ccc(Cl)c(Cl)c2)N=C(c2ccc3c(c2)CCNC3=O)c2ccccc21. The fourth-order valence-electron chi connectivity index (χ4n) is 4.60. The molecule has 3 amide bonds. The van der Waals surface area contributed by atoms with Crippen LogP contribution in [-0.2, 0) is 22.4 Å². The Morgan fingerprint density at radius 3 is 2.68 bits per heavy atom. The number of benzene rings is 3. The maximum absolute atomic E-state index is 13.4. The molecule has 0 fully saturated rings. The Morgan fingerprint density at radius 2 is 1.86 bits per heavy atom. The smallest absolute Gasteiger partial charge is 0.272 e. The lowest BCUT2D eigenvalue weighted by Gasteiger charge is -2.21. The van der Waals surface area contributed by atoms with Gasteiger partial charge in [0.25, 0.3) is 11.8 Å². The number of rotatable bonds is 5. The van der Waals surface area contributed by atoms with Gasteiger partial charge in [-0.15, -0.1) is 0 Å². The first-order valence-electron chi connectivity index (χ1n) is 11.9. The van der Waals surface area contributed by atoms with E-state index in [2.05, 4.69) is 10.6 Å². The molecule has 2 aliphatic rings. The van der Waals surface area contributed by atoms with Gasteiger partial charge in [-0.25, -0.2) is 4.99 Å². The summed E-state index contributed by atoms with van der Waals surface area (Å²) in [4.78, 5) is 44.8. The maximum Gasteiger partial charge on any atom is 0.272 e. The molecule has 0 radical (unpaired) electrons. The Kier molecular flexibility index (Phi) is 7.00. The molecule has 3 aromatic rings. The second-order valence-corrected chi connectivity index (χ2v) is 9.80. The van der Waals surface area contributed by atoms with Crippen LogP contribution >= 0.6 is 23.2 Å². The van der Waals surface area contributed by atoms with Gasteiger partial charge in [0, 0.05) is 36.7 Å². The summed E-state index contributed by atoms with van der Waals surface area (Å²) in [5, 5.41) is 6.53. The van der Waals surface area contributed by atoms with Gasteiger partial charge in [0.1, 0.15) is 0 Å². The second kappa shape index (κ2) is 10.4. The zero-order valence-electron chi connectivity index (χ0n) is 20.1. The molecular formula is C28H24Cl2N4O3. The molecule has 0 aromatic heterocycles. The van der Waals surface area contributed by atoms with Gasteiger partial charge >= 0.3 is 0 Å². The van der Waals surface area contributed by atoms with E-state index in [9.17, 15) is 14.4 Å². The van der Waals surface area contributed by atoms with E-state index in [1.807, 2.05) is 42.5 Å². The van der Waals surface area contributed by atoms with Crippen LogP contribution in [0.5, 0.6) is 0 Å². The van der Waals surface area contributed by atoms with Crippen molar-refractivity contribution in [2.75, 3.05) is 18.5 Å². The summed E-state index contributed by atoms with van der Waals surface area (Å²) in [7, 11) is 1.67. The summed E-state index contributed by atoms with van der Waals surface area (Å²) in [6.45, 7) is 0.567. The lowest BCUT2D eigenvalue weighted by molar-refractivity contribution is -0.127. The van der Waals surface area contributed by atoms with Crippen molar-refractivity contribution in [1.29, 1.82) is 0 Å². The lowest BCUT2D eigenvalue weighted by Crippen LogP contribution is -2.46. The molecule has 7 nitrogen and oxygen atoms in total. The third-order valence-corrected chi connectivity index (χ3v) is 7.31. The van der Waals surface area contributed by atoms with Crippen molar-refractivity contribution >= 4 is 52.3 Å². The number of nitrogens with one attached hydrogen (secondary N) is 2. The molecule has 2 heterocycles. The van der Waals surface area contributed by atoms with Gasteiger partial charge in [-0.2, -0.15) is 0 Å². The molecule has 0 aliphatic carbocycles. The highest BCUT2D eigenvalue weighted by Crippen LogP contribution is 2.29. The summed E-state index contributed by atoms with van der Waals surface area (Å²) in [5.41, 5.74) is 5.24. The highest BCUT2D eigenvalue weighted by Gasteiger charge is 2.31. The summed E-state index contributed by atoms with van der Waals surface area (Å²) in [6, 6.07) is 18.3. The van der Waals surface area contributed by atoms with E-state index in [-0.39, 0.29) is 24.1 Å². The van der Waals surface area contributed by atoms with Crippen LogP contribution in [0.15, 0.2) is 65.7 Å². The first-order chi connectivity index (χ1) is 17.8. The lowest BCUT2D eigenvalue weighted by atomic mass is 9.93. The first kappa shape index (κ1) is 25.0. The maximum atomic E-state index is 13.4. The molecule has 1 atom stereocenters. The van der Waals surface area contributed by atoms with Crippen LogP contribution in [-0.4, -0.2) is 43.2 Å². The largest absolute Gasteiger partial charge is 0.352 e. The van der Waals surface area contributed by atoms with Gasteiger partial charge in [-0.3, -0.25) is 14.4 Å². The van der Waals surface area contributed by atoms with Crippen molar-refractivity contribution in [1.82, 2.24) is 10.6 Å². The van der Waals surface area contributed by atoms with Crippen LogP contribution in [0.2, 0.25) is 10.0 Å². The average molecular weight is 535 g/mol. The fraction of sp³-hybridized carbons (Fsp3) is 0.214. The number of fused-ring (bicyclic) bond motifs is 2. The molecule has 0 saturated carbocycles. The number of hydrogen-bond donors (Lipinski definition) is 2. The Balaban J connectivity index is 1.45. The van der Waals surface area contributed by atoms with Gasteiger partial charge in [0.2, 0.25) is 12.1 Å². The molecule has 3 aromatic carbocycles. The van der Waals surface area contributed by atoms with E-state index in [0.717, 1.165) is 22.3 Å². The van der Waals surface area contributed by atoms with E-state index in [1.165, 1.54) is 4.90 Å². The molecule has 0 spiro atoms. The molecule has 2 N–H and O–H groups in total. The number of para-hydroxylation sites is 1. The molecule has 2 aliphatic heterocycles. The minimum atomic E-state index is -1.10. The summed E-state index contributed by atoms with van der Waals surface area (Å²) in [5.74, 6) is -0.755. The number of anilines is 1. The minimum Gasteiger partial charge on any atom is -0.352 e. The Labute approximate surface area is 224 Å². The monoisotopic (exact) mass is 534 g/mol. The molecule has 0 saturated heterocycles. The van der Waals surface area contributed by atoms with Crippen LogP contribution < -0.4 is 15.5 Å².